The Morgan fingerprint density at radius 1 is 1.30 bits per heavy atom. The van der Waals surface area contributed by atoms with E-state index in [4.69, 9.17) is 0 Å². The van der Waals surface area contributed by atoms with Crippen molar-refractivity contribution in [1.29, 1.82) is 0 Å². The number of likely N-dealkylation sites (tertiary alicyclic amines) is 1. The Kier molecular flexibility index (Phi) is 6.02. The van der Waals surface area contributed by atoms with Crippen LogP contribution in [0.25, 0.3) is 0 Å². The van der Waals surface area contributed by atoms with Gasteiger partial charge in [0.05, 0.1) is 6.10 Å². The van der Waals surface area contributed by atoms with Crippen molar-refractivity contribution in [1.82, 2.24) is 10.2 Å². The summed E-state index contributed by atoms with van der Waals surface area (Å²) < 4.78 is 0. The van der Waals surface area contributed by atoms with Crippen LogP contribution < -0.4 is 5.32 Å². The van der Waals surface area contributed by atoms with Gasteiger partial charge in [0.2, 0.25) is 0 Å². The van der Waals surface area contributed by atoms with E-state index in [1.165, 1.54) is 12.8 Å². The number of amides is 2. The number of urea groups is 1. The maximum absolute atomic E-state index is 12.3. The van der Waals surface area contributed by atoms with Crippen LogP contribution in [0.2, 0.25) is 0 Å². The second kappa shape index (κ2) is 7.55. The molecule has 116 valence electrons. The first kappa shape index (κ1) is 16.0. The lowest BCUT2D eigenvalue weighted by Gasteiger charge is -2.35. The highest BCUT2D eigenvalue weighted by atomic mass is 32.2. The topological polar surface area (TPSA) is 52.6 Å². The first-order chi connectivity index (χ1) is 9.60. The van der Waals surface area contributed by atoms with Crippen molar-refractivity contribution >= 4 is 17.8 Å². The fourth-order valence-electron chi connectivity index (χ4n) is 3.34. The zero-order valence-corrected chi connectivity index (χ0v) is 13.5. The second-order valence-corrected chi connectivity index (χ2v) is 7.37. The molecule has 0 aromatic carbocycles. The van der Waals surface area contributed by atoms with E-state index in [9.17, 15) is 9.90 Å². The average molecular weight is 300 g/mol. The van der Waals surface area contributed by atoms with Gasteiger partial charge < -0.3 is 15.3 Å². The third-order valence-corrected chi connectivity index (χ3v) is 5.89. The van der Waals surface area contributed by atoms with E-state index in [1.807, 2.05) is 23.6 Å². The molecule has 2 aliphatic rings. The number of nitrogens with one attached hydrogen (secondary N) is 1. The van der Waals surface area contributed by atoms with Gasteiger partial charge in [0.1, 0.15) is 0 Å². The normalized spacial score (nSPS) is 30.1. The Bertz CT molecular complexity index is 317. The van der Waals surface area contributed by atoms with E-state index < -0.39 is 0 Å². The van der Waals surface area contributed by atoms with E-state index in [0.29, 0.717) is 17.2 Å². The largest absolute Gasteiger partial charge is 0.393 e. The molecule has 2 N–H and O–H groups in total. The zero-order chi connectivity index (χ0) is 14.5. The first-order valence-electron chi connectivity index (χ1n) is 7.86. The minimum atomic E-state index is -0.249. The lowest BCUT2D eigenvalue weighted by atomic mass is 9.92. The van der Waals surface area contributed by atoms with Crippen LogP contribution in [0.3, 0.4) is 0 Å². The van der Waals surface area contributed by atoms with Crippen molar-refractivity contribution in [3.8, 4) is 0 Å². The molecule has 0 spiro atoms. The molecule has 1 heterocycles. The van der Waals surface area contributed by atoms with Crippen LogP contribution in [0.15, 0.2) is 0 Å². The van der Waals surface area contributed by atoms with E-state index in [1.54, 1.807) is 0 Å². The van der Waals surface area contributed by atoms with Gasteiger partial charge in [-0.1, -0.05) is 6.42 Å². The lowest BCUT2D eigenvalue weighted by Crippen LogP contribution is -2.49. The van der Waals surface area contributed by atoms with E-state index in [2.05, 4.69) is 11.6 Å². The van der Waals surface area contributed by atoms with E-state index in [0.717, 1.165) is 38.8 Å². The molecule has 0 aromatic heterocycles. The van der Waals surface area contributed by atoms with Crippen molar-refractivity contribution in [3.05, 3.63) is 0 Å². The predicted molar refractivity (Wildman–Crippen MR) is 84.1 cm³/mol. The fourth-order valence-corrected chi connectivity index (χ4v) is 4.17. The minimum Gasteiger partial charge on any atom is -0.393 e. The maximum atomic E-state index is 12.3. The Balaban J connectivity index is 1.75. The quantitative estimate of drug-likeness (QED) is 0.842. The van der Waals surface area contributed by atoms with Gasteiger partial charge in [0.15, 0.2) is 0 Å². The van der Waals surface area contributed by atoms with E-state index >= 15 is 0 Å². The average Bonchev–Trinajstić information content (AvgIpc) is 2.47. The zero-order valence-electron chi connectivity index (χ0n) is 12.7. The van der Waals surface area contributed by atoms with E-state index in [-0.39, 0.29) is 12.1 Å². The highest BCUT2D eigenvalue weighted by molar-refractivity contribution is 7.99. The van der Waals surface area contributed by atoms with Gasteiger partial charge in [-0.05, 0) is 51.2 Å². The summed E-state index contributed by atoms with van der Waals surface area (Å²) >= 11 is 1.92. The smallest absolute Gasteiger partial charge is 0.317 e. The van der Waals surface area contributed by atoms with Crippen LogP contribution in [0.4, 0.5) is 4.79 Å². The molecule has 5 heteroatoms. The van der Waals surface area contributed by atoms with Crippen LogP contribution in [0, 0.1) is 5.92 Å². The van der Waals surface area contributed by atoms with Crippen molar-refractivity contribution in [2.24, 2.45) is 5.92 Å². The molecule has 1 aliphatic carbocycles. The molecule has 2 amide bonds. The number of rotatable bonds is 3. The lowest BCUT2D eigenvalue weighted by molar-refractivity contribution is 0.0790. The predicted octanol–water partition coefficient (Wildman–Crippen LogP) is 2.46. The van der Waals surface area contributed by atoms with Gasteiger partial charge in [0, 0.05) is 24.4 Å². The molecular weight excluding hydrogens is 272 g/mol. The van der Waals surface area contributed by atoms with Gasteiger partial charge in [-0.2, -0.15) is 11.8 Å². The number of carbonyl (C=O) groups is 1. The summed E-state index contributed by atoms with van der Waals surface area (Å²) in [5.74, 6) is 0.356. The molecule has 1 saturated carbocycles. The number of hydrogen-bond donors (Lipinski definition) is 2. The molecule has 1 aliphatic heterocycles. The monoisotopic (exact) mass is 300 g/mol. The summed E-state index contributed by atoms with van der Waals surface area (Å²) in [6.07, 6.45) is 8.49. The molecule has 2 fully saturated rings. The molecule has 20 heavy (non-hydrogen) atoms. The number of aliphatic hydroxyl groups excluding tert-OH is 1. The Morgan fingerprint density at radius 3 is 2.60 bits per heavy atom. The third kappa shape index (κ3) is 4.29. The maximum Gasteiger partial charge on any atom is 0.317 e. The van der Waals surface area contributed by atoms with Crippen molar-refractivity contribution in [2.75, 3.05) is 19.3 Å². The standard InChI is InChI=1S/C15H28N2O2S/c1-11(18)12-6-8-17(9-7-12)15(19)16-13-4-3-5-14(10-13)20-2/h11-14,18H,3-10H2,1-2H3,(H,16,19). The molecule has 0 radical (unpaired) electrons. The summed E-state index contributed by atoms with van der Waals surface area (Å²) in [5.41, 5.74) is 0. The van der Waals surface area contributed by atoms with Crippen LogP contribution in [0.1, 0.15) is 45.4 Å². The number of hydrogen-bond acceptors (Lipinski definition) is 3. The van der Waals surface area contributed by atoms with Gasteiger partial charge in [0.25, 0.3) is 0 Å². The summed E-state index contributed by atoms with van der Waals surface area (Å²) in [6.45, 7) is 3.41. The Hall–Kier alpha value is -0.420. The molecule has 1 saturated heterocycles. The molecule has 2 rings (SSSR count). The van der Waals surface area contributed by atoms with Crippen LogP contribution in [0.5, 0.6) is 0 Å². The fraction of sp³-hybridized carbons (Fsp3) is 0.933. The summed E-state index contributed by atoms with van der Waals surface area (Å²) in [6, 6.07) is 0.448. The number of thioether (sulfide) groups is 1. The molecule has 3 unspecified atom stereocenters. The highest BCUT2D eigenvalue weighted by Gasteiger charge is 2.28. The van der Waals surface area contributed by atoms with Gasteiger partial charge in [-0.3, -0.25) is 0 Å². The molecule has 0 aromatic rings. The summed E-state index contributed by atoms with van der Waals surface area (Å²) in [7, 11) is 0. The van der Waals surface area contributed by atoms with Gasteiger partial charge in [-0.15, -0.1) is 0 Å². The second-order valence-electron chi connectivity index (χ2n) is 6.24. The van der Waals surface area contributed by atoms with Crippen LogP contribution in [-0.4, -0.2) is 52.8 Å². The van der Waals surface area contributed by atoms with Crippen LogP contribution >= 0.6 is 11.8 Å². The van der Waals surface area contributed by atoms with Gasteiger partial charge in [-0.25, -0.2) is 4.79 Å². The van der Waals surface area contributed by atoms with Crippen molar-refractivity contribution < 1.29 is 9.90 Å². The first-order valence-corrected chi connectivity index (χ1v) is 9.15. The number of aliphatic hydroxyl groups is 1. The minimum absolute atomic E-state index is 0.0980. The summed E-state index contributed by atoms with van der Waals surface area (Å²) in [4.78, 5) is 14.2. The van der Waals surface area contributed by atoms with Gasteiger partial charge >= 0.3 is 6.03 Å². The number of piperidine rings is 1. The number of carbonyl (C=O) groups excluding carboxylic acids is 1. The molecular formula is C15H28N2O2S. The highest BCUT2D eigenvalue weighted by Crippen LogP contribution is 2.27. The SMILES string of the molecule is CSC1CCCC(NC(=O)N2CCC(C(C)O)CC2)C1. The van der Waals surface area contributed by atoms with Crippen molar-refractivity contribution in [2.45, 2.75) is 62.8 Å². The molecule has 4 nitrogen and oxygen atoms in total. The molecule has 3 atom stereocenters. The number of nitrogens with zero attached hydrogens (tertiary/aromatic N) is 1. The Labute approximate surface area is 126 Å². The Morgan fingerprint density at radius 2 is 2.00 bits per heavy atom. The summed E-state index contributed by atoms with van der Waals surface area (Å²) in [5, 5.41) is 13.5. The third-order valence-electron chi connectivity index (χ3n) is 4.80. The molecule has 0 bridgehead atoms. The van der Waals surface area contributed by atoms with Crippen LogP contribution in [-0.2, 0) is 0 Å². The van der Waals surface area contributed by atoms with Crippen molar-refractivity contribution in [3.63, 3.8) is 0 Å².